The van der Waals surface area contributed by atoms with E-state index in [1.807, 2.05) is 31.2 Å². The van der Waals surface area contributed by atoms with E-state index in [1.54, 1.807) is 25.3 Å². The van der Waals surface area contributed by atoms with Crippen molar-refractivity contribution in [3.63, 3.8) is 0 Å². The van der Waals surface area contributed by atoms with Crippen LogP contribution < -0.4 is 9.47 Å². The minimum absolute atomic E-state index is 0.484. The lowest BCUT2D eigenvalue weighted by Gasteiger charge is -2.08. The molecule has 0 saturated heterocycles. The van der Waals surface area contributed by atoms with Crippen molar-refractivity contribution in [2.24, 2.45) is 0 Å². The summed E-state index contributed by atoms with van der Waals surface area (Å²) < 4.78 is 11.0. The number of rotatable bonds is 5. The van der Waals surface area contributed by atoms with Gasteiger partial charge in [0.2, 0.25) is 5.88 Å². The summed E-state index contributed by atoms with van der Waals surface area (Å²) in [4.78, 5) is 4.15. The van der Waals surface area contributed by atoms with Crippen LogP contribution in [0.1, 0.15) is 25.5 Å². The van der Waals surface area contributed by atoms with Crippen molar-refractivity contribution in [3.05, 3.63) is 48.2 Å². The highest BCUT2D eigenvalue weighted by molar-refractivity contribution is 5.35. The van der Waals surface area contributed by atoms with Crippen molar-refractivity contribution in [1.82, 2.24) is 4.98 Å². The van der Waals surface area contributed by atoms with Crippen LogP contribution in [-0.2, 0) is 0 Å². The van der Waals surface area contributed by atoms with Gasteiger partial charge in [0, 0.05) is 18.3 Å². The third-order valence-corrected chi connectivity index (χ3v) is 2.58. The average Bonchev–Trinajstić information content (AvgIpc) is 2.40. The molecule has 19 heavy (non-hydrogen) atoms. The van der Waals surface area contributed by atoms with Crippen LogP contribution >= 0.6 is 0 Å². The predicted molar refractivity (Wildman–Crippen MR) is 72.6 cm³/mol. The highest BCUT2D eigenvalue weighted by atomic mass is 16.5. The van der Waals surface area contributed by atoms with Gasteiger partial charge in [0.25, 0.3) is 0 Å². The number of hydrogen-bond donors (Lipinski definition) is 1. The smallest absolute Gasteiger partial charge is 0.219 e. The second-order valence-electron chi connectivity index (χ2n) is 4.12. The summed E-state index contributed by atoms with van der Waals surface area (Å²) in [6.07, 6.45) is 1.08. The summed E-state index contributed by atoms with van der Waals surface area (Å²) in [5, 5.41) is 9.40. The molecule has 4 nitrogen and oxygen atoms in total. The van der Waals surface area contributed by atoms with Crippen LogP contribution in [0.4, 0.5) is 0 Å². The first-order chi connectivity index (χ1) is 9.19. The number of hydrogen-bond acceptors (Lipinski definition) is 4. The Kier molecular flexibility index (Phi) is 4.36. The molecule has 0 aliphatic carbocycles. The number of benzene rings is 1. The summed E-state index contributed by atoms with van der Waals surface area (Å²) in [6, 6.07) is 10.9. The molecule has 0 aliphatic rings. The van der Waals surface area contributed by atoms with Crippen molar-refractivity contribution in [2.75, 3.05) is 6.61 Å². The molecular weight excluding hydrogens is 242 g/mol. The van der Waals surface area contributed by atoms with Crippen LogP contribution in [0.2, 0.25) is 0 Å². The van der Waals surface area contributed by atoms with Crippen molar-refractivity contribution in [3.8, 4) is 17.4 Å². The molecule has 0 amide bonds. The largest absolute Gasteiger partial charge is 0.494 e. The maximum Gasteiger partial charge on any atom is 0.219 e. The zero-order valence-electron chi connectivity index (χ0n) is 11.0. The van der Waals surface area contributed by atoms with E-state index in [2.05, 4.69) is 4.98 Å². The molecule has 2 rings (SSSR count). The summed E-state index contributed by atoms with van der Waals surface area (Å²) in [6.45, 7) is 4.25. The molecule has 0 spiro atoms. The molecule has 1 heterocycles. The Labute approximate surface area is 112 Å². The molecule has 4 heteroatoms. The highest BCUT2D eigenvalue weighted by Gasteiger charge is 2.03. The lowest BCUT2D eigenvalue weighted by molar-refractivity contribution is 0.198. The molecule has 1 aromatic heterocycles. The number of aliphatic hydroxyl groups excluding tert-OH is 1. The minimum Gasteiger partial charge on any atom is -0.494 e. The fourth-order valence-corrected chi connectivity index (χ4v) is 1.61. The summed E-state index contributed by atoms with van der Waals surface area (Å²) in [5.41, 5.74) is 0.760. The zero-order valence-corrected chi connectivity index (χ0v) is 11.0. The maximum atomic E-state index is 9.40. The number of nitrogens with zero attached hydrogens (tertiary/aromatic N) is 1. The molecule has 0 radical (unpaired) electrons. The summed E-state index contributed by atoms with van der Waals surface area (Å²) in [5.74, 6) is 1.92. The molecule has 0 fully saturated rings. The van der Waals surface area contributed by atoms with E-state index in [0.717, 1.165) is 11.3 Å². The molecule has 0 bridgehead atoms. The van der Waals surface area contributed by atoms with E-state index in [1.165, 1.54) is 0 Å². The van der Waals surface area contributed by atoms with E-state index < -0.39 is 6.10 Å². The molecule has 2 aromatic rings. The molecule has 100 valence electrons. The van der Waals surface area contributed by atoms with Gasteiger partial charge in [0.1, 0.15) is 11.5 Å². The van der Waals surface area contributed by atoms with Gasteiger partial charge in [-0.15, -0.1) is 0 Å². The van der Waals surface area contributed by atoms with Crippen LogP contribution in [0.15, 0.2) is 42.6 Å². The fraction of sp³-hybridized carbons (Fsp3) is 0.267. The first-order valence-electron chi connectivity index (χ1n) is 6.23. The minimum atomic E-state index is -0.525. The third-order valence-electron chi connectivity index (χ3n) is 2.58. The first-order valence-corrected chi connectivity index (χ1v) is 6.23. The molecule has 0 unspecified atom stereocenters. The number of ether oxygens (including phenoxy) is 2. The van der Waals surface area contributed by atoms with Gasteiger partial charge in [0.15, 0.2) is 0 Å². The normalized spacial score (nSPS) is 11.9. The summed E-state index contributed by atoms with van der Waals surface area (Å²) in [7, 11) is 0. The molecular formula is C15H17NO3. The van der Waals surface area contributed by atoms with Crippen molar-refractivity contribution >= 4 is 0 Å². The van der Waals surface area contributed by atoms with Gasteiger partial charge < -0.3 is 14.6 Å². The van der Waals surface area contributed by atoms with E-state index in [-0.39, 0.29) is 0 Å². The zero-order chi connectivity index (χ0) is 13.7. The van der Waals surface area contributed by atoms with Crippen molar-refractivity contribution in [1.29, 1.82) is 0 Å². The quantitative estimate of drug-likeness (QED) is 0.894. The van der Waals surface area contributed by atoms with Crippen LogP contribution in [0.25, 0.3) is 0 Å². The molecule has 1 aromatic carbocycles. The van der Waals surface area contributed by atoms with Crippen LogP contribution in [0, 0.1) is 0 Å². The van der Waals surface area contributed by atoms with Crippen molar-refractivity contribution < 1.29 is 14.6 Å². The number of aliphatic hydroxyl groups is 1. The van der Waals surface area contributed by atoms with Gasteiger partial charge in [0.05, 0.1) is 12.7 Å². The van der Waals surface area contributed by atoms with Gasteiger partial charge in [-0.05, 0) is 37.6 Å². The number of aromatic nitrogens is 1. The van der Waals surface area contributed by atoms with Crippen molar-refractivity contribution in [2.45, 2.75) is 20.0 Å². The Bertz CT molecular complexity index is 523. The van der Waals surface area contributed by atoms with Gasteiger partial charge >= 0.3 is 0 Å². The van der Waals surface area contributed by atoms with Gasteiger partial charge in [-0.2, -0.15) is 0 Å². The SMILES string of the molecule is CCOc1cccc(Oc2ccc([C@H](C)O)cn2)c1. The Balaban J connectivity index is 2.10. The lowest BCUT2D eigenvalue weighted by atomic mass is 10.2. The third kappa shape index (κ3) is 3.69. The monoisotopic (exact) mass is 259 g/mol. The molecule has 1 atom stereocenters. The topological polar surface area (TPSA) is 51.6 Å². The second kappa shape index (κ2) is 6.20. The molecule has 0 aliphatic heterocycles. The lowest BCUT2D eigenvalue weighted by Crippen LogP contribution is -1.94. The summed E-state index contributed by atoms with van der Waals surface area (Å²) >= 11 is 0. The van der Waals surface area contributed by atoms with E-state index in [4.69, 9.17) is 9.47 Å². The van der Waals surface area contributed by atoms with Gasteiger partial charge in [-0.25, -0.2) is 4.98 Å². The Morgan fingerprint density at radius 3 is 2.63 bits per heavy atom. The molecule has 1 N–H and O–H groups in total. The van der Waals surface area contributed by atoms with E-state index in [0.29, 0.717) is 18.2 Å². The predicted octanol–water partition coefficient (Wildman–Crippen LogP) is 3.33. The Morgan fingerprint density at radius 1 is 1.21 bits per heavy atom. The van der Waals surface area contributed by atoms with E-state index in [9.17, 15) is 5.11 Å². The molecule has 0 saturated carbocycles. The standard InChI is InChI=1S/C15H17NO3/c1-3-18-13-5-4-6-14(9-13)19-15-8-7-12(10-16-15)11(2)17/h4-11,17H,3H2,1-2H3/t11-/m0/s1. The second-order valence-corrected chi connectivity index (χ2v) is 4.12. The Morgan fingerprint density at radius 2 is 2.00 bits per heavy atom. The van der Waals surface area contributed by atoms with Gasteiger partial charge in [-0.1, -0.05) is 6.07 Å². The average molecular weight is 259 g/mol. The fourth-order valence-electron chi connectivity index (χ4n) is 1.61. The van der Waals surface area contributed by atoms with Crippen LogP contribution in [0.3, 0.4) is 0 Å². The van der Waals surface area contributed by atoms with Crippen LogP contribution in [0.5, 0.6) is 17.4 Å². The maximum absolute atomic E-state index is 9.40. The number of pyridine rings is 1. The van der Waals surface area contributed by atoms with Crippen LogP contribution in [-0.4, -0.2) is 16.7 Å². The van der Waals surface area contributed by atoms with E-state index >= 15 is 0 Å². The Hall–Kier alpha value is -2.07. The highest BCUT2D eigenvalue weighted by Crippen LogP contribution is 2.24. The first kappa shape index (κ1) is 13.4. The van der Waals surface area contributed by atoms with Gasteiger partial charge in [-0.3, -0.25) is 0 Å².